The van der Waals surface area contributed by atoms with Gasteiger partial charge in [-0.2, -0.15) is 0 Å². The van der Waals surface area contributed by atoms with Gasteiger partial charge in [-0.1, -0.05) is 6.92 Å². The van der Waals surface area contributed by atoms with Crippen LogP contribution >= 0.6 is 0 Å². The molecule has 0 aromatic carbocycles. The third-order valence-corrected chi connectivity index (χ3v) is 4.19. The lowest BCUT2D eigenvalue weighted by atomic mass is 9.85. The van der Waals surface area contributed by atoms with Gasteiger partial charge >= 0.3 is 0 Å². The lowest BCUT2D eigenvalue weighted by Crippen LogP contribution is -2.58. The Bertz CT molecular complexity index is 267. The van der Waals surface area contributed by atoms with Crippen LogP contribution in [-0.4, -0.2) is 30.7 Å². The second-order valence-corrected chi connectivity index (χ2v) is 5.70. The lowest BCUT2D eigenvalue weighted by molar-refractivity contribution is -0.130. The molecule has 1 amide bonds. The number of amides is 1. The maximum Gasteiger partial charge on any atom is 0.240 e. The zero-order valence-electron chi connectivity index (χ0n) is 10.7. The summed E-state index contributed by atoms with van der Waals surface area (Å²) < 4.78 is 5.26. The summed E-state index contributed by atoms with van der Waals surface area (Å²) in [5.41, 5.74) is 5.46. The van der Waals surface area contributed by atoms with Gasteiger partial charge in [0.25, 0.3) is 0 Å². The number of rotatable bonds is 2. The highest BCUT2D eigenvalue weighted by Gasteiger charge is 2.37. The first-order valence-electron chi connectivity index (χ1n) is 6.78. The highest BCUT2D eigenvalue weighted by Crippen LogP contribution is 2.25. The van der Waals surface area contributed by atoms with Crippen LogP contribution in [0.15, 0.2) is 0 Å². The topological polar surface area (TPSA) is 64.4 Å². The van der Waals surface area contributed by atoms with Gasteiger partial charge in [0.2, 0.25) is 5.91 Å². The molecule has 1 saturated carbocycles. The number of carbonyl (C=O) groups is 1. The third kappa shape index (κ3) is 3.19. The van der Waals surface area contributed by atoms with Crippen molar-refractivity contribution in [3.63, 3.8) is 0 Å². The van der Waals surface area contributed by atoms with Gasteiger partial charge in [-0.3, -0.25) is 4.79 Å². The first-order chi connectivity index (χ1) is 8.10. The standard InChI is InChI=1S/C13H24N2O2/c1-10-2-4-11(5-3-10)15-12(16)13(14)6-8-17-9-7-13/h10-11H,2-9,14H2,1H3,(H,15,16). The van der Waals surface area contributed by atoms with E-state index < -0.39 is 5.54 Å². The average Bonchev–Trinajstić information content (AvgIpc) is 2.33. The smallest absolute Gasteiger partial charge is 0.240 e. The molecular weight excluding hydrogens is 216 g/mol. The molecule has 1 aliphatic heterocycles. The maximum atomic E-state index is 12.2. The van der Waals surface area contributed by atoms with E-state index in [1.807, 2.05) is 0 Å². The first kappa shape index (κ1) is 12.8. The Morgan fingerprint density at radius 2 is 1.82 bits per heavy atom. The van der Waals surface area contributed by atoms with Crippen LogP contribution in [0.3, 0.4) is 0 Å². The molecule has 0 spiro atoms. The summed E-state index contributed by atoms with van der Waals surface area (Å²) in [6.45, 7) is 3.48. The van der Waals surface area contributed by atoms with Crippen LogP contribution in [0.2, 0.25) is 0 Å². The van der Waals surface area contributed by atoms with Crippen molar-refractivity contribution in [3.05, 3.63) is 0 Å². The Labute approximate surface area is 103 Å². The normalized spacial score (nSPS) is 33.1. The van der Waals surface area contributed by atoms with Crippen molar-refractivity contribution in [1.82, 2.24) is 5.32 Å². The van der Waals surface area contributed by atoms with Gasteiger partial charge in [-0.15, -0.1) is 0 Å². The molecule has 2 rings (SSSR count). The molecule has 0 bridgehead atoms. The molecule has 0 aromatic heterocycles. The van der Waals surface area contributed by atoms with E-state index in [0.29, 0.717) is 32.1 Å². The molecule has 1 aliphatic carbocycles. The minimum Gasteiger partial charge on any atom is -0.381 e. The predicted molar refractivity (Wildman–Crippen MR) is 66.5 cm³/mol. The van der Waals surface area contributed by atoms with E-state index in [-0.39, 0.29) is 5.91 Å². The average molecular weight is 240 g/mol. The Hall–Kier alpha value is -0.610. The molecule has 0 radical (unpaired) electrons. The van der Waals surface area contributed by atoms with Gasteiger partial charge in [-0.25, -0.2) is 0 Å². The highest BCUT2D eigenvalue weighted by molar-refractivity contribution is 5.86. The van der Waals surface area contributed by atoms with E-state index in [0.717, 1.165) is 18.8 Å². The van der Waals surface area contributed by atoms with Crippen molar-refractivity contribution in [1.29, 1.82) is 0 Å². The van der Waals surface area contributed by atoms with Crippen LogP contribution in [0.5, 0.6) is 0 Å². The van der Waals surface area contributed by atoms with Crippen LogP contribution < -0.4 is 11.1 Å². The van der Waals surface area contributed by atoms with Gasteiger partial charge in [0.05, 0.1) is 5.54 Å². The Kier molecular flexibility index (Phi) is 4.05. The molecule has 0 aromatic rings. The number of ether oxygens (including phenoxy) is 1. The van der Waals surface area contributed by atoms with Gasteiger partial charge < -0.3 is 15.8 Å². The second kappa shape index (κ2) is 5.36. The molecule has 3 N–H and O–H groups in total. The summed E-state index contributed by atoms with van der Waals surface area (Å²) >= 11 is 0. The summed E-state index contributed by atoms with van der Waals surface area (Å²) in [6, 6.07) is 0.335. The van der Waals surface area contributed by atoms with Crippen molar-refractivity contribution in [2.75, 3.05) is 13.2 Å². The van der Waals surface area contributed by atoms with Crippen molar-refractivity contribution in [3.8, 4) is 0 Å². The van der Waals surface area contributed by atoms with Gasteiger partial charge in [0, 0.05) is 19.3 Å². The van der Waals surface area contributed by atoms with E-state index in [2.05, 4.69) is 12.2 Å². The van der Waals surface area contributed by atoms with Crippen LogP contribution in [0.25, 0.3) is 0 Å². The third-order valence-electron chi connectivity index (χ3n) is 4.19. The first-order valence-corrected chi connectivity index (χ1v) is 6.78. The van der Waals surface area contributed by atoms with Crippen LogP contribution in [0.4, 0.5) is 0 Å². The van der Waals surface area contributed by atoms with Gasteiger partial charge in [0.1, 0.15) is 0 Å². The summed E-state index contributed by atoms with van der Waals surface area (Å²) in [5.74, 6) is 0.832. The van der Waals surface area contributed by atoms with E-state index in [4.69, 9.17) is 10.5 Å². The number of hydrogen-bond acceptors (Lipinski definition) is 3. The minimum atomic E-state index is -0.693. The molecule has 4 nitrogen and oxygen atoms in total. The van der Waals surface area contributed by atoms with Crippen molar-refractivity contribution in [2.45, 2.75) is 57.0 Å². The molecule has 17 heavy (non-hydrogen) atoms. The largest absolute Gasteiger partial charge is 0.381 e. The lowest BCUT2D eigenvalue weighted by Gasteiger charge is -2.35. The maximum absolute atomic E-state index is 12.2. The molecule has 4 heteroatoms. The number of nitrogens with two attached hydrogens (primary N) is 1. The molecule has 2 aliphatic rings. The molecular formula is C13H24N2O2. The summed E-state index contributed by atoms with van der Waals surface area (Å²) in [6.07, 6.45) is 5.90. The van der Waals surface area contributed by atoms with Crippen molar-refractivity contribution < 1.29 is 9.53 Å². The summed E-state index contributed by atoms with van der Waals surface area (Å²) in [4.78, 5) is 12.2. The fourth-order valence-corrected chi connectivity index (χ4v) is 2.70. The van der Waals surface area contributed by atoms with Crippen molar-refractivity contribution >= 4 is 5.91 Å². The molecule has 98 valence electrons. The van der Waals surface area contributed by atoms with E-state index >= 15 is 0 Å². The van der Waals surface area contributed by atoms with Crippen LogP contribution in [-0.2, 0) is 9.53 Å². The molecule has 1 saturated heterocycles. The highest BCUT2D eigenvalue weighted by atomic mass is 16.5. The predicted octanol–water partition coefficient (Wildman–Crippen LogP) is 1.19. The molecule has 2 fully saturated rings. The number of carbonyl (C=O) groups excluding carboxylic acids is 1. The van der Waals surface area contributed by atoms with Crippen LogP contribution in [0.1, 0.15) is 45.4 Å². The second-order valence-electron chi connectivity index (χ2n) is 5.70. The Morgan fingerprint density at radius 3 is 2.41 bits per heavy atom. The zero-order chi connectivity index (χ0) is 12.3. The minimum absolute atomic E-state index is 0.0281. The fraction of sp³-hybridized carbons (Fsp3) is 0.923. The summed E-state index contributed by atoms with van der Waals surface area (Å²) in [7, 11) is 0. The van der Waals surface area contributed by atoms with Gasteiger partial charge in [-0.05, 0) is 44.4 Å². The quantitative estimate of drug-likeness (QED) is 0.762. The molecule has 0 unspecified atom stereocenters. The fourth-order valence-electron chi connectivity index (χ4n) is 2.70. The van der Waals surface area contributed by atoms with Gasteiger partial charge in [0.15, 0.2) is 0 Å². The monoisotopic (exact) mass is 240 g/mol. The summed E-state index contributed by atoms with van der Waals surface area (Å²) in [5, 5.41) is 3.13. The Balaban J connectivity index is 1.83. The number of nitrogens with one attached hydrogen (secondary N) is 1. The Morgan fingerprint density at radius 1 is 1.24 bits per heavy atom. The molecule has 1 heterocycles. The molecule has 0 atom stereocenters. The van der Waals surface area contributed by atoms with Crippen LogP contribution in [0, 0.1) is 5.92 Å². The van der Waals surface area contributed by atoms with E-state index in [9.17, 15) is 4.79 Å². The number of hydrogen-bond donors (Lipinski definition) is 2. The van der Waals surface area contributed by atoms with E-state index in [1.54, 1.807) is 0 Å². The van der Waals surface area contributed by atoms with Crippen molar-refractivity contribution in [2.24, 2.45) is 11.7 Å². The van der Waals surface area contributed by atoms with E-state index in [1.165, 1.54) is 12.8 Å². The zero-order valence-corrected chi connectivity index (χ0v) is 10.7. The SMILES string of the molecule is CC1CCC(NC(=O)C2(N)CCOCC2)CC1.